The van der Waals surface area contributed by atoms with Crippen molar-refractivity contribution in [2.24, 2.45) is 0 Å². The first-order chi connectivity index (χ1) is 13.8. The lowest BCUT2D eigenvalue weighted by Gasteiger charge is -2.08. The van der Waals surface area contributed by atoms with Gasteiger partial charge in [0.1, 0.15) is 0 Å². The van der Waals surface area contributed by atoms with Gasteiger partial charge in [0.25, 0.3) is 0 Å². The summed E-state index contributed by atoms with van der Waals surface area (Å²) >= 11 is 0. The van der Waals surface area contributed by atoms with Crippen LogP contribution < -0.4 is 10.6 Å². The van der Waals surface area contributed by atoms with Crippen LogP contribution in [0.15, 0.2) is 85.7 Å². The number of nitrogens with one attached hydrogen (secondary N) is 2. The number of carbonyl (C=O) groups is 1. The zero-order valence-corrected chi connectivity index (χ0v) is 15.2. The summed E-state index contributed by atoms with van der Waals surface area (Å²) in [7, 11) is 0. The lowest BCUT2D eigenvalue weighted by Crippen LogP contribution is -2.34. The van der Waals surface area contributed by atoms with Crippen LogP contribution in [-0.2, 0) is 13.1 Å². The van der Waals surface area contributed by atoms with Crippen molar-refractivity contribution in [3.05, 3.63) is 96.8 Å². The number of imidazole rings is 1. The zero-order valence-electron chi connectivity index (χ0n) is 15.2. The van der Waals surface area contributed by atoms with Crippen molar-refractivity contribution in [2.45, 2.75) is 13.1 Å². The van der Waals surface area contributed by atoms with Gasteiger partial charge in [-0.3, -0.25) is 0 Å². The van der Waals surface area contributed by atoms with E-state index >= 15 is 0 Å². The van der Waals surface area contributed by atoms with E-state index in [0.717, 1.165) is 22.5 Å². The lowest BCUT2D eigenvalue weighted by atomic mass is 10.2. The van der Waals surface area contributed by atoms with Crippen LogP contribution in [0.3, 0.4) is 0 Å². The molecule has 0 aliphatic carbocycles. The number of nitrogens with zero attached hydrogens (tertiary/aromatic N) is 4. The van der Waals surface area contributed by atoms with Crippen LogP contribution in [0.25, 0.3) is 11.4 Å². The molecule has 28 heavy (non-hydrogen) atoms. The molecule has 140 valence electrons. The molecule has 0 saturated heterocycles. The Balaban J connectivity index is 1.25. The van der Waals surface area contributed by atoms with Gasteiger partial charge >= 0.3 is 6.03 Å². The maximum Gasteiger partial charge on any atom is 0.315 e. The second-order valence-corrected chi connectivity index (χ2v) is 6.30. The molecule has 7 nitrogen and oxygen atoms in total. The smallest absolute Gasteiger partial charge is 0.315 e. The van der Waals surface area contributed by atoms with Gasteiger partial charge in [0.05, 0.1) is 18.2 Å². The number of benzene rings is 2. The molecular formula is C21H20N6O. The first kappa shape index (κ1) is 17.5. The van der Waals surface area contributed by atoms with Crippen LogP contribution in [0, 0.1) is 0 Å². The molecule has 0 atom stereocenters. The molecule has 4 aromatic rings. The predicted molar refractivity (Wildman–Crippen MR) is 106 cm³/mol. The molecule has 0 aliphatic rings. The predicted octanol–water partition coefficient (Wildman–Crippen LogP) is 3.06. The van der Waals surface area contributed by atoms with E-state index in [1.54, 1.807) is 23.4 Å². The molecule has 2 aromatic carbocycles. The largest absolute Gasteiger partial charge is 0.334 e. The number of rotatable bonds is 6. The van der Waals surface area contributed by atoms with Gasteiger partial charge in [-0.05, 0) is 29.8 Å². The highest BCUT2D eigenvalue weighted by Gasteiger charge is 2.04. The minimum atomic E-state index is -0.217. The number of urea groups is 1. The lowest BCUT2D eigenvalue weighted by molar-refractivity contribution is 0.240. The van der Waals surface area contributed by atoms with E-state index in [4.69, 9.17) is 0 Å². The van der Waals surface area contributed by atoms with Crippen molar-refractivity contribution in [3.63, 3.8) is 0 Å². The van der Waals surface area contributed by atoms with Gasteiger partial charge < -0.3 is 15.2 Å². The van der Waals surface area contributed by atoms with Crippen LogP contribution in [0.4, 0.5) is 4.79 Å². The summed E-state index contributed by atoms with van der Waals surface area (Å²) in [6.07, 6.45) is 9.04. The van der Waals surface area contributed by atoms with Crippen molar-refractivity contribution >= 4 is 6.03 Å². The highest BCUT2D eigenvalue weighted by atomic mass is 16.2. The van der Waals surface area contributed by atoms with E-state index in [9.17, 15) is 4.79 Å². The number of hydrogen-bond acceptors (Lipinski definition) is 3. The van der Waals surface area contributed by atoms with Crippen molar-refractivity contribution in [1.29, 1.82) is 0 Å². The maximum absolute atomic E-state index is 12.1. The third-order valence-corrected chi connectivity index (χ3v) is 4.30. The molecule has 0 unspecified atom stereocenters. The summed E-state index contributed by atoms with van der Waals surface area (Å²) in [5, 5.41) is 10.0. The topological polar surface area (TPSA) is 76.8 Å². The van der Waals surface area contributed by atoms with Crippen LogP contribution in [-0.4, -0.2) is 25.4 Å². The zero-order chi connectivity index (χ0) is 19.2. The van der Waals surface area contributed by atoms with Gasteiger partial charge in [-0.2, -0.15) is 5.10 Å². The Labute approximate surface area is 162 Å². The van der Waals surface area contributed by atoms with Gasteiger partial charge in [-0.1, -0.05) is 30.3 Å². The van der Waals surface area contributed by atoms with E-state index in [1.165, 1.54) is 0 Å². The summed E-state index contributed by atoms with van der Waals surface area (Å²) in [5.74, 6) is 0. The number of amides is 2. The molecule has 0 saturated carbocycles. The number of hydrogen-bond donors (Lipinski definition) is 2. The van der Waals surface area contributed by atoms with Crippen molar-refractivity contribution < 1.29 is 4.79 Å². The molecule has 2 heterocycles. The molecule has 0 bridgehead atoms. The summed E-state index contributed by atoms with van der Waals surface area (Å²) in [6, 6.07) is 17.6. The highest BCUT2D eigenvalue weighted by molar-refractivity contribution is 5.73. The Hall–Kier alpha value is -3.87. The number of para-hydroxylation sites is 1. The minimum absolute atomic E-state index is 0.217. The average Bonchev–Trinajstić information content (AvgIpc) is 3.44. The SMILES string of the molecule is O=C(NCc1ccc(-n2ccnc2)cc1)NCc1cnn(-c2ccccc2)c1. The van der Waals surface area contributed by atoms with Crippen LogP contribution in [0.1, 0.15) is 11.1 Å². The number of aromatic nitrogens is 4. The van der Waals surface area contributed by atoms with Gasteiger partial charge in [0.15, 0.2) is 0 Å². The minimum Gasteiger partial charge on any atom is -0.334 e. The highest BCUT2D eigenvalue weighted by Crippen LogP contribution is 2.09. The molecule has 2 amide bonds. The van der Waals surface area contributed by atoms with Gasteiger partial charge in [0.2, 0.25) is 0 Å². The fraction of sp³-hybridized carbons (Fsp3) is 0.0952. The monoisotopic (exact) mass is 372 g/mol. The van der Waals surface area contributed by atoms with Crippen molar-refractivity contribution in [1.82, 2.24) is 30.0 Å². The normalized spacial score (nSPS) is 10.6. The van der Waals surface area contributed by atoms with E-state index in [1.807, 2.05) is 71.6 Å². The average molecular weight is 372 g/mol. The molecule has 4 rings (SSSR count). The molecule has 0 fully saturated rings. The summed E-state index contributed by atoms with van der Waals surface area (Å²) in [6.45, 7) is 0.873. The Kier molecular flexibility index (Phi) is 5.15. The first-order valence-corrected chi connectivity index (χ1v) is 8.96. The molecular weight excluding hydrogens is 352 g/mol. The Morgan fingerprint density at radius 3 is 2.36 bits per heavy atom. The third-order valence-electron chi connectivity index (χ3n) is 4.30. The van der Waals surface area contributed by atoms with E-state index in [0.29, 0.717) is 13.1 Å². The Morgan fingerprint density at radius 1 is 0.893 bits per heavy atom. The van der Waals surface area contributed by atoms with Crippen molar-refractivity contribution in [2.75, 3.05) is 0 Å². The fourth-order valence-electron chi connectivity index (χ4n) is 2.80. The molecule has 2 aromatic heterocycles. The van der Waals surface area contributed by atoms with Crippen molar-refractivity contribution in [3.8, 4) is 11.4 Å². The van der Waals surface area contributed by atoms with Crippen LogP contribution in [0.5, 0.6) is 0 Å². The number of carbonyl (C=O) groups excluding carboxylic acids is 1. The molecule has 0 radical (unpaired) electrons. The second-order valence-electron chi connectivity index (χ2n) is 6.30. The van der Waals surface area contributed by atoms with Crippen LogP contribution in [0.2, 0.25) is 0 Å². The molecule has 0 spiro atoms. The summed E-state index contributed by atoms with van der Waals surface area (Å²) in [5.41, 5.74) is 3.97. The second kappa shape index (κ2) is 8.22. The molecule has 7 heteroatoms. The summed E-state index contributed by atoms with van der Waals surface area (Å²) in [4.78, 5) is 16.1. The van der Waals surface area contributed by atoms with Crippen LogP contribution >= 0.6 is 0 Å². The molecule has 0 aliphatic heterocycles. The Morgan fingerprint density at radius 2 is 1.64 bits per heavy atom. The molecule has 2 N–H and O–H groups in total. The van der Waals surface area contributed by atoms with E-state index in [-0.39, 0.29) is 6.03 Å². The summed E-state index contributed by atoms with van der Waals surface area (Å²) < 4.78 is 3.72. The quantitative estimate of drug-likeness (QED) is 0.546. The maximum atomic E-state index is 12.1. The standard InChI is InChI=1S/C21H20N6O/c28-21(23-12-17-6-8-19(9-7-17)26-11-10-22-16-26)24-13-18-14-25-27(15-18)20-4-2-1-3-5-20/h1-11,14-16H,12-13H2,(H2,23,24,28). The van der Waals surface area contributed by atoms with Gasteiger partial charge in [-0.15, -0.1) is 0 Å². The third kappa shape index (κ3) is 4.27. The Bertz CT molecular complexity index is 1020. The fourth-order valence-corrected chi connectivity index (χ4v) is 2.80. The van der Waals surface area contributed by atoms with Gasteiger partial charge in [-0.25, -0.2) is 14.5 Å². The van der Waals surface area contributed by atoms with E-state index in [2.05, 4.69) is 20.7 Å². The van der Waals surface area contributed by atoms with E-state index < -0.39 is 0 Å². The first-order valence-electron chi connectivity index (χ1n) is 8.96. The van der Waals surface area contributed by atoms with Gasteiger partial charge in [0, 0.05) is 42.9 Å².